The van der Waals surface area contributed by atoms with E-state index in [2.05, 4.69) is 0 Å². The van der Waals surface area contributed by atoms with Crippen LogP contribution in [-0.2, 0) is 9.53 Å². The number of aliphatic carboxylic acids is 1. The molecule has 1 fully saturated rings. The number of para-hydroxylation sites is 1. The summed E-state index contributed by atoms with van der Waals surface area (Å²) in [6, 6.07) is 4.82. The number of rotatable bonds is 5. The van der Waals surface area contributed by atoms with Gasteiger partial charge in [0.1, 0.15) is 6.10 Å². The first-order chi connectivity index (χ1) is 9.63. The maximum Gasteiger partial charge on any atom is 0.337 e. The molecular weight excluding hydrogens is 264 g/mol. The molecule has 1 heterocycles. The van der Waals surface area contributed by atoms with Crippen LogP contribution in [0.25, 0.3) is 0 Å². The van der Waals surface area contributed by atoms with Crippen LogP contribution in [0.3, 0.4) is 0 Å². The Morgan fingerprint density at radius 1 is 1.40 bits per heavy atom. The third-order valence-corrected chi connectivity index (χ3v) is 3.21. The van der Waals surface area contributed by atoms with Gasteiger partial charge < -0.3 is 24.4 Å². The Hall–Kier alpha value is -1.79. The van der Waals surface area contributed by atoms with Gasteiger partial charge in [-0.15, -0.1) is 0 Å². The highest BCUT2D eigenvalue weighted by atomic mass is 16.5. The maximum atomic E-state index is 11.0. The van der Waals surface area contributed by atoms with E-state index in [1.807, 2.05) is 0 Å². The highest BCUT2D eigenvalue weighted by Gasteiger charge is 2.25. The number of aliphatic hydroxyl groups is 1. The molecule has 0 radical (unpaired) electrons. The smallest absolute Gasteiger partial charge is 0.337 e. The first-order valence-electron chi connectivity index (χ1n) is 6.45. The van der Waals surface area contributed by atoms with Crippen LogP contribution in [0, 0.1) is 0 Å². The fraction of sp³-hybridized carbons (Fsp3) is 0.500. The SMILES string of the molecule is COc1cccc(C(O)C(=O)O)c1OC1CCOCC1. The van der Waals surface area contributed by atoms with Gasteiger partial charge in [-0.3, -0.25) is 0 Å². The molecule has 2 N–H and O–H groups in total. The second kappa shape index (κ2) is 6.58. The summed E-state index contributed by atoms with van der Waals surface area (Å²) in [5.41, 5.74) is 0.198. The standard InChI is InChI=1S/C14H18O6/c1-18-11-4-2-3-10(12(15)14(16)17)13(11)20-9-5-7-19-8-6-9/h2-4,9,12,15H,5-8H2,1H3,(H,16,17). The van der Waals surface area contributed by atoms with E-state index < -0.39 is 12.1 Å². The molecule has 2 rings (SSSR count). The number of ether oxygens (including phenoxy) is 3. The number of benzene rings is 1. The molecule has 1 aromatic carbocycles. The number of aliphatic hydroxyl groups excluding tert-OH is 1. The molecule has 0 aromatic heterocycles. The number of hydrogen-bond donors (Lipinski definition) is 2. The van der Waals surface area contributed by atoms with Crippen molar-refractivity contribution in [2.24, 2.45) is 0 Å². The number of methoxy groups -OCH3 is 1. The van der Waals surface area contributed by atoms with Gasteiger partial charge in [-0.2, -0.15) is 0 Å². The van der Waals surface area contributed by atoms with Crippen molar-refractivity contribution in [2.45, 2.75) is 25.0 Å². The second-order valence-electron chi connectivity index (χ2n) is 4.55. The van der Waals surface area contributed by atoms with Gasteiger partial charge >= 0.3 is 5.97 Å². The fourth-order valence-corrected chi connectivity index (χ4v) is 2.13. The summed E-state index contributed by atoms with van der Waals surface area (Å²) in [4.78, 5) is 11.0. The molecule has 1 aromatic rings. The van der Waals surface area contributed by atoms with Crippen molar-refractivity contribution >= 4 is 5.97 Å². The second-order valence-corrected chi connectivity index (χ2v) is 4.55. The van der Waals surface area contributed by atoms with Gasteiger partial charge in [-0.05, 0) is 6.07 Å². The molecule has 1 unspecified atom stereocenters. The van der Waals surface area contributed by atoms with Gasteiger partial charge in [0.2, 0.25) is 0 Å². The molecule has 1 atom stereocenters. The van der Waals surface area contributed by atoms with Crippen LogP contribution in [0.15, 0.2) is 18.2 Å². The summed E-state index contributed by atoms with van der Waals surface area (Å²) < 4.78 is 16.3. The number of carboxylic acids is 1. The lowest BCUT2D eigenvalue weighted by atomic mass is 10.1. The van der Waals surface area contributed by atoms with E-state index in [1.54, 1.807) is 12.1 Å². The lowest BCUT2D eigenvalue weighted by Crippen LogP contribution is -2.27. The third kappa shape index (κ3) is 3.20. The molecule has 6 nitrogen and oxygen atoms in total. The molecule has 0 spiro atoms. The molecule has 6 heteroatoms. The van der Waals surface area contributed by atoms with Crippen molar-refractivity contribution in [3.8, 4) is 11.5 Å². The Morgan fingerprint density at radius 3 is 2.70 bits per heavy atom. The lowest BCUT2D eigenvalue weighted by molar-refractivity contribution is -0.147. The predicted molar refractivity (Wildman–Crippen MR) is 70.1 cm³/mol. The summed E-state index contributed by atoms with van der Waals surface area (Å²) in [7, 11) is 1.48. The van der Waals surface area contributed by atoms with Crippen molar-refractivity contribution in [1.82, 2.24) is 0 Å². The van der Waals surface area contributed by atoms with Crippen LogP contribution in [0.5, 0.6) is 11.5 Å². The van der Waals surface area contributed by atoms with E-state index in [4.69, 9.17) is 19.3 Å². The Labute approximate surface area is 116 Å². The summed E-state index contributed by atoms with van der Waals surface area (Å²) in [5.74, 6) is -0.624. The van der Waals surface area contributed by atoms with E-state index in [-0.39, 0.29) is 17.4 Å². The van der Waals surface area contributed by atoms with Crippen molar-refractivity contribution in [2.75, 3.05) is 20.3 Å². The van der Waals surface area contributed by atoms with Crippen LogP contribution in [0.1, 0.15) is 24.5 Å². The van der Waals surface area contributed by atoms with Crippen molar-refractivity contribution in [3.05, 3.63) is 23.8 Å². The molecule has 20 heavy (non-hydrogen) atoms. The van der Waals surface area contributed by atoms with E-state index in [9.17, 15) is 9.90 Å². The van der Waals surface area contributed by atoms with E-state index >= 15 is 0 Å². The predicted octanol–water partition coefficient (Wildman–Crippen LogP) is 1.37. The average molecular weight is 282 g/mol. The molecule has 0 amide bonds. The Bertz CT molecular complexity index is 467. The molecule has 0 bridgehead atoms. The molecule has 110 valence electrons. The highest BCUT2D eigenvalue weighted by Crippen LogP contribution is 2.36. The van der Waals surface area contributed by atoms with E-state index in [0.717, 1.165) is 12.8 Å². The monoisotopic (exact) mass is 282 g/mol. The third-order valence-electron chi connectivity index (χ3n) is 3.21. The number of hydrogen-bond acceptors (Lipinski definition) is 5. The Balaban J connectivity index is 2.29. The average Bonchev–Trinajstić information content (AvgIpc) is 2.47. The molecular formula is C14H18O6. The minimum atomic E-state index is -1.64. The first kappa shape index (κ1) is 14.6. The van der Waals surface area contributed by atoms with Gasteiger partial charge in [0.25, 0.3) is 0 Å². The van der Waals surface area contributed by atoms with E-state index in [0.29, 0.717) is 19.0 Å². The zero-order valence-electron chi connectivity index (χ0n) is 11.2. The van der Waals surface area contributed by atoms with Crippen molar-refractivity contribution < 1.29 is 29.2 Å². The molecule has 1 saturated heterocycles. The fourth-order valence-electron chi connectivity index (χ4n) is 2.13. The van der Waals surface area contributed by atoms with Gasteiger partial charge in [0.05, 0.1) is 20.3 Å². The maximum absolute atomic E-state index is 11.0. The number of carboxylic acid groups (broad SMARTS) is 1. The quantitative estimate of drug-likeness (QED) is 0.848. The summed E-state index contributed by atoms with van der Waals surface area (Å²) >= 11 is 0. The molecule has 1 aliphatic rings. The van der Waals surface area contributed by atoms with Gasteiger partial charge in [-0.25, -0.2) is 4.79 Å². The normalized spacial score (nSPS) is 17.5. The minimum Gasteiger partial charge on any atom is -0.493 e. The first-order valence-corrected chi connectivity index (χ1v) is 6.45. The lowest BCUT2D eigenvalue weighted by Gasteiger charge is -2.26. The largest absolute Gasteiger partial charge is 0.493 e. The van der Waals surface area contributed by atoms with Gasteiger partial charge in [0, 0.05) is 18.4 Å². The van der Waals surface area contributed by atoms with Crippen LogP contribution >= 0.6 is 0 Å². The summed E-state index contributed by atoms with van der Waals surface area (Å²) in [6.07, 6.45) is -0.263. The van der Waals surface area contributed by atoms with Crippen LogP contribution in [0.4, 0.5) is 0 Å². The van der Waals surface area contributed by atoms with Crippen LogP contribution in [-0.4, -0.2) is 42.6 Å². The molecule has 1 aliphatic heterocycles. The summed E-state index contributed by atoms with van der Waals surface area (Å²) in [6.45, 7) is 1.22. The highest BCUT2D eigenvalue weighted by molar-refractivity contribution is 5.75. The van der Waals surface area contributed by atoms with Crippen LogP contribution < -0.4 is 9.47 Å². The topological polar surface area (TPSA) is 85.2 Å². The Kier molecular flexibility index (Phi) is 4.81. The van der Waals surface area contributed by atoms with Gasteiger partial charge in [0.15, 0.2) is 17.6 Å². The Morgan fingerprint density at radius 2 is 2.10 bits per heavy atom. The molecule has 0 aliphatic carbocycles. The number of carbonyl (C=O) groups is 1. The minimum absolute atomic E-state index is 0.0696. The zero-order chi connectivity index (χ0) is 14.5. The van der Waals surface area contributed by atoms with E-state index in [1.165, 1.54) is 13.2 Å². The van der Waals surface area contributed by atoms with Crippen molar-refractivity contribution in [3.63, 3.8) is 0 Å². The van der Waals surface area contributed by atoms with Crippen LogP contribution in [0.2, 0.25) is 0 Å². The zero-order valence-corrected chi connectivity index (χ0v) is 11.2. The van der Waals surface area contributed by atoms with Crippen molar-refractivity contribution in [1.29, 1.82) is 0 Å². The van der Waals surface area contributed by atoms with Gasteiger partial charge in [-0.1, -0.05) is 12.1 Å². The summed E-state index contributed by atoms with van der Waals surface area (Å²) in [5, 5.41) is 18.7. The molecule has 0 saturated carbocycles.